The minimum Gasteiger partial charge on any atom is -0.462 e. The van der Waals surface area contributed by atoms with E-state index in [9.17, 15) is 14.4 Å². The van der Waals surface area contributed by atoms with Crippen molar-refractivity contribution in [1.82, 2.24) is 0 Å². The minimum atomic E-state index is -0.830. The maximum Gasteiger partial charge on any atom is 0.306 e. The Morgan fingerprint density at radius 3 is 0.793 bits per heavy atom. The van der Waals surface area contributed by atoms with Crippen LogP contribution < -0.4 is 0 Å². The maximum atomic E-state index is 12.9. The third kappa shape index (κ3) is 65.6. The molecule has 0 rings (SSSR count). The molecule has 0 saturated carbocycles. The molecule has 0 aliphatic carbocycles. The van der Waals surface area contributed by atoms with Gasteiger partial charge < -0.3 is 14.2 Å². The molecule has 460 valence electrons. The molecule has 0 fully saturated rings. The van der Waals surface area contributed by atoms with Gasteiger partial charge in [-0.25, -0.2) is 0 Å². The Kier molecular flexibility index (Phi) is 63.9. The van der Waals surface area contributed by atoms with E-state index in [1.807, 2.05) is 0 Å². The number of esters is 3. The fourth-order valence-electron chi connectivity index (χ4n) is 8.55. The number of allylic oxidation sites excluding steroid dienone is 28. The predicted molar refractivity (Wildman–Crippen MR) is 357 cm³/mol. The molecule has 6 heteroatoms. The number of rotatable bonds is 58. The number of ether oxygens (including phenoxy) is 3. The molecule has 0 spiro atoms. The van der Waals surface area contributed by atoms with Crippen LogP contribution in [0.15, 0.2) is 170 Å². The lowest BCUT2D eigenvalue weighted by Crippen LogP contribution is -2.30. The molecule has 6 nitrogen and oxygen atoms in total. The molecule has 0 aromatic heterocycles. The highest BCUT2D eigenvalue weighted by molar-refractivity contribution is 5.71. The number of carbonyl (C=O) groups excluding carboxylic acids is 3. The smallest absolute Gasteiger partial charge is 0.306 e. The fourth-order valence-corrected chi connectivity index (χ4v) is 8.55. The Hall–Kier alpha value is -5.23. The normalized spacial score (nSPS) is 13.3. The molecule has 0 saturated heterocycles. The highest BCUT2D eigenvalue weighted by Gasteiger charge is 2.19. The topological polar surface area (TPSA) is 78.9 Å². The monoisotopic (exact) mass is 1130 g/mol. The van der Waals surface area contributed by atoms with Gasteiger partial charge in [-0.2, -0.15) is 0 Å². The molecule has 0 amide bonds. The van der Waals surface area contributed by atoms with Crippen LogP contribution in [0.3, 0.4) is 0 Å². The number of hydrogen-bond acceptors (Lipinski definition) is 6. The van der Waals surface area contributed by atoms with Crippen LogP contribution in [0.5, 0.6) is 0 Å². The molecule has 1 unspecified atom stereocenters. The first-order chi connectivity index (χ1) is 40.5. The van der Waals surface area contributed by atoms with Gasteiger partial charge in [0.1, 0.15) is 13.2 Å². The van der Waals surface area contributed by atoms with E-state index in [4.69, 9.17) is 14.2 Å². The van der Waals surface area contributed by atoms with Crippen LogP contribution in [0, 0.1) is 0 Å². The first-order valence-electron chi connectivity index (χ1n) is 33.1. The van der Waals surface area contributed by atoms with Crippen molar-refractivity contribution >= 4 is 17.9 Å². The lowest BCUT2D eigenvalue weighted by atomic mass is 10.1. The number of hydrogen-bond donors (Lipinski definition) is 0. The van der Waals surface area contributed by atoms with Crippen molar-refractivity contribution in [2.75, 3.05) is 13.2 Å². The summed E-state index contributed by atoms with van der Waals surface area (Å²) in [6.45, 7) is 6.34. The second-order valence-electron chi connectivity index (χ2n) is 21.3. The van der Waals surface area contributed by atoms with Crippen molar-refractivity contribution in [3.05, 3.63) is 170 Å². The quantitative estimate of drug-likeness (QED) is 0.0261. The van der Waals surface area contributed by atoms with Gasteiger partial charge in [0.05, 0.1) is 0 Å². The van der Waals surface area contributed by atoms with Crippen molar-refractivity contribution in [2.24, 2.45) is 0 Å². The predicted octanol–water partition coefficient (Wildman–Crippen LogP) is 23.0. The van der Waals surface area contributed by atoms with E-state index in [0.717, 1.165) is 154 Å². The van der Waals surface area contributed by atoms with Crippen molar-refractivity contribution in [3.8, 4) is 0 Å². The highest BCUT2D eigenvalue weighted by Crippen LogP contribution is 2.14. The molecule has 0 heterocycles. The average Bonchev–Trinajstić information content (AvgIpc) is 3.47. The molecule has 0 aliphatic heterocycles. The fraction of sp³-hybridized carbons (Fsp3) is 0.592. The summed E-state index contributed by atoms with van der Waals surface area (Å²) in [5.41, 5.74) is 0. The molecular formula is C76H120O6. The summed E-state index contributed by atoms with van der Waals surface area (Å²) < 4.78 is 16.9. The summed E-state index contributed by atoms with van der Waals surface area (Å²) in [5.74, 6) is -1.00. The highest BCUT2D eigenvalue weighted by atomic mass is 16.6. The van der Waals surface area contributed by atoms with Crippen LogP contribution >= 0.6 is 0 Å². The van der Waals surface area contributed by atoms with Gasteiger partial charge in [-0.3, -0.25) is 14.4 Å². The van der Waals surface area contributed by atoms with Gasteiger partial charge in [0.25, 0.3) is 0 Å². The largest absolute Gasteiger partial charge is 0.462 e. The Balaban J connectivity index is 4.55. The van der Waals surface area contributed by atoms with Crippen LogP contribution in [0.2, 0.25) is 0 Å². The first-order valence-corrected chi connectivity index (χ1v) is 33.1. The van der Waals surface area contributed by atoms with Gasteiger partial charge in [-0.1, -0.05) is 274 Å². The van der Waals surface area contributed by atoms with Gasteiger partial charge >= 0.3 is 17.9 Å². The third-order valence-electron chi connectivity index (χ3n) is 13.4. The minimum absolute atomic E-state index is 0.118. The van der Waals surface area contributed by atoms with Crippen molar-refractivity contribution in [3.63, 3.8) is 0 Å². The zero-order valence-electron chi connectivity index (χ0n) is 52.7. The first kappa shape index (κ1) is 76.8. The molecule has 0 N–H and O–H groups in total. The lowest BCUT2D eigenvalue weighted by Gasteiger charge is -2.18. The molecule has 0 radical (unpaired) electrons. The SMILES string of the molecule is CC/C=C\C/C=C\C/C=C\C/C=C\C/C=C\C/C=C\C/C=C\CCCC(=O)OC(COC(=O)CCCCCCC/C=C\CCCCCCCCC)COC(=O)CCCCCCCC/C=C\C/C=C\C/C=C\C/C=C\C/C=C\C/C=C\CC. The van der Waals surface area contributed by atoms with E-state index in [1.54, 1.807) is 0 Å². The molecule has 0 aliphatic rings. The zero-order chi connectivity index (χ0) is 59.2. The summed E-state index contributed by atoms with van der Waals surface area (Å²) in [6.07, 6.45) is 101. The van der Waals surface area contributed by atoms with E-state index in [1.165, 1.54) is 70.6 Å². The van der Waals surface area contributed by atoms with Gasteiger partial charge in [0, 0.05) is 19.3 Å². The van der Waals surface area contributed by atoms with Crippen LogP contribution in [-0.4, -0.2) is 37.2 Å². The van der Waals surface area contributed by atoms with E-state index in [-0.39, 0.29) is 37.5 Å². The third-order valence-corrected chi connectivity index (χ3v) is 13.4. The number of unbranched alkanes of at least 4 members (excludes halogenated alkanes) is 19. The van der Waals surface area contributed by atoms with Crippen LogP contribution in [0.1, 0.15) is 271 Å². The standard InChI is InChI=1S/C76H120O6/c1-4-7-10-13-16-19-22-25-28-31-33-35-37-38-40-41-43-45-48-51-54-57-60-63-66-69-75(78)81-72-73(71-80-74(77)68-65-62-59-56-53-50-47-30-27-24-21-18-15-12-9-6-3)82-76(79)70-67-64-61-58-55-52-49-46-44-42-39-36-34-32-29-26-23-20-17-14-11-8-5-2/h7-8,10-11,16-17,19-20,25-26,28-30,33-36,38,40,42-45,47,49,52,58,61,73H,4-6,9,12-15,18,21-24,27,31-32,37,39,41,46,48,50-51,53-57,59-60,62-72H2,1-3H3/b10-7-,11-8-,19-16-,20-17-,28-25-,29-26-,35-33-,36-34-,40-38-,44-42-,45-43-,47-30-,52-49-,61-58-. The van der Waals surface area contributed by atoms with Crippen LogP contribution in [0.4, 0.5) is 0 Å². The van der Waals surface area contributed by atoms with Crippen LogP contribution in [-0.2, 0) is 28.6 Å². The van der Waals surface area contributed by atoms with E-state index >= 15 is 0 Å². The number of carbonyl (C=O) groups is 3. The Labute approximate surface area is 504 Å². The molecule has 82 heavy (non-hydrogen) atoms. The zero-order valence-corrected chi connectivity index (χ0v) is 52.7. The van der Waals surface area contributed by atoms with Gasteiger partial charge in [0.2, 0.25) is 0 Å². The lowest BCUT2D eigenvalue weighted by molar-refractivity contribution is -0.167. The van der Waals surface area contributed by atoms with E-state index in [0.29, 0.717) is 19.3 Å². The van der Waals surface area contributed by atoms with Crippen molar-refractivity contribution in [2.45, 2.75) is 277 Å². The average molecular weight is 1130 g/mol. The van der Waals surface area contributed by atoms with Gasteiger partial charge in [-0.05, 0) is 148 Å². The summed E-state index contributed by atoms with van der Waals surface area (Å²) >= 11 is 0. The second-order valence-corrected chi connectivity index (χ2v) is 21.3. The summed E-state index contributed by atoms with van der Waals surface area (Å²) in [7, 11) is 0. The molecular weight excluding hydrogens is 1010 g/mol. The Bertz CT molecular complexity index is 1870. The Morgan fingerprint density at radius 2 is 0.488 bits per heavy atom. The van der Waals surface area contributed by atoms with Gasteiger partial charge in [-0.15, -0.1) is 0 Å². The molecule has 0 aromatic carbocycles. The van der Waals surface area contributed by atoms with Crippen LogP contribution in [0.25, 0.3) is 0 Å². The van der Waals surface area contributed by atoms with Crippen molar-refractivity contribution < 1.29 is 28.6 Å². The van der Waals surface area contributed by atoms with E-state index in [2.05, 4.69) is 191 Å². The maximum absolute atomic E-state index is 12.9. The van der Waals surface area contributed by atoms with Gasteiger partial charge in [0.15, 0.2) is 6.10 Å². The second kappa shape index (κ2) is 68.3. The summed E-state index contributed by atoms with van der Waals surface area (Å²) in [5, 5.41) is 0. The molecule has 0 aromatic rings. The summed E-state index contributed by atoms with van der Waals surface area (Å²) in [4.78, 5) is 38.4. The molecule has 0 bridgehead atoms. The Morgan fingerprint density at radius 1 is 0.256 bits per heavy atom. The molecule has 1 atom stereocenters. The summed E-state index contributed by atoms with van der Waals surface area (Å²) in [6, 6.07) is 0. The van der Waals surface area contributed by atoms with Crippen molar-refractivity contribution in [1.29, 1.82) is 0 Å². The van der Waals surface area contributed by atoms with E-state index < -0.39 is 6.10 Å².